The van der Waals surface area contributed by atoms with Crippen LogP contribution in [0.15, 0.2) is 60.9 Å². The summed E-state index contributed by atoms with van der Waals surface area (Å²) in [5, 5.41) is 14.3. The second-order valence-corrected chi connectivity index (χ2v) is 6.59. The van der Waals surface area contributed by atoms with E-state index >= 15 is 0 Å². The van der Waals surface area contributed by atoms with Crippen LogP contribution >= 0.6 is 0 Å². The van der Waals surface area contributed by atoms with E-state index in [0.29, 0.717) is 25.6 Å². The standard InChI is InChI=1S/C21H22N6O2/c28-21(24-17-5-1-2-6-19(17)27-10-12-29-13-11-27)18-7-8-20(26-25-18)23-15-16-4-3-9-22-14-16/h1-9,14H,10-13,15H2,(H,23,26)(H,24,28). The summed E-state index contributed by atoms with van der Waals surface area (Å²) in [7, 11) is 0. The molecule has 1 aliphatic rings. The van der Waals surface area contributed by atoms with E-state index in [1.54, 1.807) is 24.5 Å². The molecule has 2 N–H and O–H groups in total. The number of nitrogens with one attached hydrogen (secondary N) is 2. The van der Waals surface area contributed by atoms with Gasteiger partial charge >= 0.3 is 0 Å². The number of hydrogen-bond donors (Lipinski definition) is 2. The molecule has 0 radical (unpaired) electrons. The third-order valence-corrected chi connectivity index (χ3v) is 4.60. The fraction of sp³-hybridized carbons (Fsp3) is 0.238. The largest absolute Gasteiger partial charge is 0.378 e. The van der Waals surface area contributed by atoms with Gasteiger partial charge in [-0.15, -0.1) is 10.2 Å². The number of para-hydroxylation sites is 2. The van der Waals surface area contributed by atoms with Crippen LogP contribution in [0, 0.1) is 0 Å². The number of ether oxygens (including phenoxy) is 1. The summed E-state index contributed by atoms with van der Waals surface area (Å²) in [5.41, 5.74) is 3.02. The molecule has 8 heteroatoms. The number of pyridine rings is 1. The van der Waals surface area contributed by atoms with E-state index in [-0.39, 0.29) is 11.6 Å². The van der Waals surface area contributed by atoms with Crippen LogP contribution in [0.25, 0.3) is 0 Å². The SMILES string of the molecule is O=C(Nc1ccccc1N1CCOCC1)c1ccc(NCc2cccnc2)nn1. The normalized spacial score (nSPS) is 13.7. The van der Waals surface area contributed by atoms with Crippen LogP contribution in [-0.4, -0.2) is 47.4 Å². The van der Waals surface area contributed by atoms with Crippen LogP contribution in [0.5, 0.6) is 0 Å². The molecule has 0 saturated carbocycles. The quantitative estimate of drug-likeness (QED) is 0.668. The molecule has 2 aromatic heterocycles. The lowest BCUT2D eigenvalue weighted by molar-refractivity contribution is 0.102. The van der Waals surface area contributed by atoms with Crippen LogP contribution in [-0.2, 0) is 11.3 Å². The highest BCUT2D eigenvalue weighted by Gasteiger charge is 2.17. The van der Waals surface area contributed by atoms with Gasteiger partial charge in [-0.05, 0) is 35.9 Å². The van der Waals surface area contributed by atoms with Gasteiger partial charge in [-0.1, -0.05) is 18.2 Å². The molecular weight excluding hydrogens is 368 g/mol. The smallest absolute Gasteiger partial charge is 0.276 e. The highest BCUT2D eigenvalue weighted by atomic mass is 16.5. The Bertz CT molecular complexity index is 943. The average molecular weight is 390 g/mol. The molecule has 1 fully saturated rings. The second kappa shape index (κ2) is 9.11. The summed E-state index contributed by atoms with van der Waals surface area (Å²) in [4.78, 5) is 18.9. The van der Waals surface area contributed by atoms with Gasteiger partial charge in [0.2, 0.25) is 0 Å². The lowest BCUT2D eigenvalue weighted by Crippen LogP contribution is -2.36. The van der Waals surface area contributed by atoms with Crippen LogP contribution in [0.1, 0.15) is 16.1 Å². The van der Waals surface area contributed by atoms with Crippen molar-refractivity contribution in [2.24, 2.45) is 0 Å². The van der Waals surface area contributed by atoms with E-state index in [1.165, 1.54) is 0 Å². The highest BCUT2D eigenvalue weighted by molar-refractivity contribution is 6.04. The van der Waals surface area contributed by atoms with E-state index in [2.05, 4.69) is 30.7 Å². The third kappa shape index (κ3) is 4.85. The number of rotatable bonds is 6. The Morgan fingerprint density at radius 2 is 1.90 bits per heavy atom. The summed E-state index contributed by atoms with van der Waals surface area (Å²) < 4.78 is 5.41. The van der Waals surface area contributed by atoms with Crippen molar-refractivity contribution in [1.82, 2.24) is 15.2 Å². The van der Waals surface area contributed by atoms with Crippen molar-refractivity contribution in [2.75, 3.05) is 41.8 Å². The Balaban J connectivity index is 1.40. The first-order valence-corrected chi connectivity index (χ1v) is 9.49. The van der Waals surface area contributed by atoms with Gasteiger partial charge in [-0.3, -0.25) is 9.78 Å². The van der Waals surface area contributed by atoms with Gasteiger partial charge in [-0.25, -0.2) is 0 Å². The molecule has 0 aliphatic carbocycles. The number of amides is 1. The van der Waals surface area contributed by atoms with Gasteiger partial charge in [0.15, 0.2) is 5.69 Å². The van der Waals surface area contributed by atoms with E-state index in [1.807, 2.05) is 36.4 Å². The van der Waals surface area contributed by atoms with E-state index in [4.69, 9.17) is 4.74 Å². The third-order valence-electron chi connectivity index (χ3n) is 4.60. The lowest BCUT2D eigenvalue weighted by atomic mass is 10.2. The zero-order chi connectivity index (χ0) is 19.9. The lowest BCUT2D eigenvalue weighted by Gasteiger charge is -2.30. The Morgan fingerprint density at radius 1 is 1.03 bits per heavy atom. The number of carbonyl (C=O) groups excluding carboxylic acids is 1. The molecule has 0 spiro atoms. The Kier molecular flexibility index (Phi) is 5.92. The van der Waals surface area contributed by atoms with E-state index in [9.17, 15) is 4.79 Å². The molecule has 0 bridgehead atoms. The molecule has 1 saturated heterocycles. The fourth-order valence-corrected chi connectivity index (χ4v) is 3.09. The van der Waals surface area contributed by atoms with Gasteiger partial charge in [0, 0.05) is 32.0 Å². The van der Waals surface area contributed by atoms with Gasteiger partial charge in [0.25, 0.3) is 5.91 Å². The molecule has 3 aromatic rings. The number of carbonyl (C=O) groups is 1. The van der Waals surface area contributed by atoms with Gasteiger partial charge < -0.3 is 20.3 Å². The highest BCUT2D eigenvalue weighted by Crippen LogP contribution is 2.26. The number of aromatic nitrogens is 3. The Hall–Kier alpha value is -3.52. The molecule has 0 atom stereocenters. The van der Waals surface area contributed by atoms with Crippen LogP contribution in [0.4, 0.5) is 17.2 Å². The molecule has 3 heterocycles. The first-order chi connectivity index (χ1) is 14.3. The number of nitrogens with zero attached hydrogens (tertiary/aromatic N) is 4. The molecule has 8 nitrogen and oxygen atoms in total. The van der Waals surface area contributed by atoms with Crippen LogP contribution < -0.4 is 15.5 Å². The first kappa shape index (κ1) is 18.8. The molecule has 4 rings (SSSR count). The Morgan fingerprint density at radius 3 is 2.66 bits per heavy atom. The van der Waals surface area contributed by atoms with Crippen molar-refractivity contribution in [3.05, 3.63) is 72.2 Å². The maximum Gasteiger partial charge on any atom is 0.276 e. The summed E-state index contributed by atoms with van der Waals surface area (Å²) in [6, 6.07) is 15.0. The summed E-state index contributed by atoms with van der Waals surface area (Å²) in [5.74, 6) is 0.302. The topological polar surface area (TPSA) is 92.3 Å². The van der Waals surface area contributed by atoms with Gasteiger partial charge in [0.1, 0.15) is 5.82 Å². The predicted octanol–water partition coefficient (Wildman–Crippen LogP) is 2.57. The van der Waals surface area contributed by atoms with Crippen LogP contribution in [0.3, 0.4) is 0 Å². The number of hydrogen-bond acceptors (Lipinski definition) is 7. The van der Waals surface area contributed by atoms with Crippen molar-refractivity contribution >= 4 is 23.1 Å². The molecule has 1 aromatic carbocycles. The van der Waals surface area contributed by atoms with E-state index in [0.717, 1.165) is 30.0 Å². The van der Waals surface area contributed by atoms with Crippen LogP contribution in [0.2, 0.25) is 0 Å². The molecular formula is C21H22N6O2. The average Bonchev–Trinajstić information content (AvgIpc) is 2.80. The zero-order valence-corrected chi connectivity index (χ0v) is 15.9. The van der Waals surface area contributed by atoms with Crippen molar-refractivity contribution in [3.8, 4) is 0 Å². The van der Waals surface area contributed by atoms with E-state index < -0.39 is 0 Å². The monoisotopic (exact) mass is 390 g/mol. The predicted molar refractivity (Wildman–Crippen MR) is 111 cm³/mol. The van der Waals surface area contributed by atoms with Gasteiger partial charge in [-0.2, -0.15) is 0 Å². The second-order valence-electron chi connectivity index (χ2n) is 6.59. The maximum atomic E-state index is 12.7. The number of morpholine rings is 1. The minimum Gasteiger partial charge on any atom is -0.378 e. The minimum absolute atomic E-state index is 0.258. The molecule has 148 valence electrons. The molecule has 1 amide bonds. The number of benzene rings is 1. The van der Waals surface area contributed by atoms with Gasteiger partial charge in [0.05, 0.1) is 24.6 Å². The Labute approximate surface area is 168 Å². The summed E-state index contributed by atoms with van der Waals surface area (Å²) in [6.45, 7) is 3.54. The molecule has 1 aliphatic heterocycles. The number of anilines is 3. The van der Waals surface area contributed by atoms with Crippen molar-refractivity contribution < 1.29 is 9.53 Å². The minimum atomic E-state index is -0.294. The fourth-order valence-electron chi connectivity index (χ4n) is 3.09. The molecule has 29 heavy (non-hydrogen) atoms. The molecule has 0 unspecified atom stereocenters. The first-order valence-electron chi connectivity index (χ1n) is 9.49. The summed E-state index contributed by atoms with van der Waals surface area (Å²) in [6.07, 6.45) is 3.52. The zero-order valence-electron chi connectivity index (χ0n) is 15.9. The summed E-state index contributed by atoms with van der Waals surface area (Å²) >= 11 is 0. The van der Waals surface area contributed by atoms with Crippen molar-refractivity contribution in [1.29, 1.82) is 0 Å². The van der Waals surface area contributed by atoms with Crippen molar-refractivity contribution in [3.63, 3.8) is 0 Å². The van der Waals surface area contributed by atoms with Crippen molar-refractivity contribution in [2.45, 2.75) is 6.54 Å². The maximum absolute atomic E-state index is 12.7.